The Bertz CT molecular complexity index is 2830. The normalized spacial score (nSPS) is 13.1. The van der Waals surface area contributed by atoms with Gasteiger partial charge in [-0.2, -0.15) is 0 Å². The average Bonchev–Trinajstić information content (AvgIpc) is 3.25. The number of aryl methyl sites for hydroxylation is 5. The third-order valence-electron chi connectivity index (χ3n) is 10.8. The molecule has 0 saturated carbocycles. The predicted octanol–water partition coefficient (Wildman–Crippen LogP) is 12.3. The highest BCUT2D eigenvalue weighted by Gasteiger charge is 2.18. The summed E-state index contributed by atoms with van der Waals surface area (Å²) in [5.41, 5.74) is 13.4. The van der Waals surface area contributed by atoms with Gasteiger partial charge in [0.15, 0.2) is 17.3 Å². The molecular formula is C57H48F2O3. The maximum atomic E-state index is 13.1. The first-order valence-electron chi connectivity index (χ1n) is 20.7. The van der Waals surface area contributed by atoms with Crippen molar-refractivity contribution in [3.63, 3.8) is 0 Å². The molecule has 0 aromatic heterocycles. The number of Topliss-reactive ketones (excluding diaryl/α,β-unsaturated/α-hetero) is 3. The Morgan fingerprint density at radius 1 is 0.371 bits per heavy atom. The van der Waals surface area contributed by atoms with Gasteiger partial charge in [0.1, 0.15) is 11.6 Å². The van der Waals surface area contributed by atoms with E-state index in [0.29, 0.717) is 24.8 Å². The predicted molar refractivity (Wildman–Crippen MR) is 245 cm³/mol. The van der Waals surface area contributed by atoms with Crippen LogP contribution >= 0.6 is 0 Å². The molecule has 3 aliphatic carbocycles. The minimum atomic E-state index is -0.643. The van der Waals surface area contributed by atoms with Crippen LogP contribution in [0.3, 0.4) is 0 Å². The molecule has 0 atom stereocenters. The molecule has 308 valence electrons. The third kappa shape index (κ3) is 12.0. The summed E-state index contributed by atoms with van der Waals surface area (Å²) in [5.74, 6) is 17.8. The van der Waals surface area contributed by atoms with E-state index in [1.165, 1.54) is 23.3 Å². The molecule has 9 rings (SSSR count). The largest absolute Gasteiger partial charge is 0.294 e. The van der Waals surface area contributed by atoms with Crippen molar-refractivity contribution in [3.05, 3.63) is 211 Å². The fraction of sp³-hybridized carbons (Fsp3) is 0.211. The zero-order chi connectivity index (χ0) is 42.7. The number of benzene rings is 6. The van der Waals surface area contributed by atoms with Gasteiger partial charge in [-0.05, 0) is 166 Å². The maximum absolute atomic E-state index is 13.1. The first-order chi connectivity index (χ1) is 29.6. The van der Waals surface area contributed by atoms with Gasteiger partial charge in [-0.3, -0.25) is 14.4 Å². The number of carbonyl (C=O) groups excluding carboxylic acids is 3. The zero-order valence-electron chi connectivity index (χ0n) is 34.4. The Morgan fingerprint density at radius 2 is 0.742 bits per heavy atom. The summed E-state index contributed by atoms with van der Waals surface area (Å²) in [6, 6.07) is 36.9. The van der Waals surface area contributed by atoms with Crippen LogP contribution in [-0.2, 0) is 19.3 Å². The molecule has 0 aliphatic heterocycles. The molecule has 0 heterocycles. The second kappa shape index (κ2) is 20.9. The van der Waals surface area contributed by atoms with Crippen molar-refractivity contribution in [1.82, 2.24) is 0 Å². The number of carbonyl (C=O) groups is 3. The van der Waals surface area contributed by atoms with E-state index in [2.05, 4.69) is 85.8 Å². The van der Waals surface area contributed by atoms with Gasteiger partial charge in [-0.25, -0.2) is 8.78 Å². The lowest BCUT2D eigenvalue weighted by Gasteiger charge is -2.14. The Hall–Kier alpha value is -7.13. The average molecular weight is 819 g/mol. The first-order valence-corrected chi connectivity index (χ1v) is 20.7. The fourth-order valence-electron chi connectivity index (χ4n) is 7.59. The number of fused-ring (bicyclic) bond motifs is 3. The fourth-order valence-corrected chi connectivity index (χ4v) is 7.59. The second-order valence-electron chi connectivity index (χ2n) is 15.6. The lowest BCUT2D eigenvalue weighted by atomic mass is 9.89. The van der Waals surface area contributed by atoms with Crippen LogP contribution in [0.2, 0.25) is 0 Å². The van der Waals surface area contributed by atoms with E-state index in [1.54, 1.807) is 12.1 Å². The molecule has 3 aliphatic rings. The highest BCUT2D eigenvalue weighted by molar-refractivity contribution is 5.99. The van der Waals surface area contributed by atoms with Crippen molar-refractivity contribution in [2.75, 3.05) is 0 Å². The van der Waals surface area contributed by atoms with Crippen LogP contribution < -0.4 is 0 Å². The Balaban J connectivity index is 0.000000154. The van der Waals surface area contributed by atoms with E-state index in [4.69, 9.17) is 0 Å². The van der Waals surface area contributed by atoms with E-state index in [0.717, 1.165) is 106 Å². The van der Waals surface area contributed by atoms with Crippen molar-refractivity contribution >= 4 is 17.3 Å². The standard InChI is InChI=1S/2C19H16O.C18H12F2O.CH4/c1-14-4-2-5-15(12-14)8-9-16-10-11-18-17(13-16)6-3-7-19(18)20;1-14-5-7-15(8-6-14)9-10-16-11-12-18-17(13-16)3-2-4-19(18)20;19-15-9-13(10-16(20)11-15)5-4-12-6-7-17-14(8-12)2-1-3-18(17)21;/h2,4-5,10-13H,3,6-7H2,1H3;5-8,11-13H,2-4H2,1H3;6-11H,1-3H2;1H4. The smallest absolute Gasteiger partial charge is 0.163 e. The second-order valence-corrected chi connectivity index (χ2v) is 15.6. The van der Waals surface area contributed by atoms with Crippen LogP contribution in [0.25, 0.3) is 0 Å². The SMILES string of the molecule is C.Cc1ccc(C#Cc2ccc3c(c2)CCCC3=O)cc1.Cc1cccc(C#Cc2ccc3c(c2)CCCC3=O)c1.O=C1CCCc2cc(C#Cc3cc(F)cc(F)c3)ccc21. The van der Waals surface area contributed by atoms with Gasteiger partial charge in [0.2, 0.25) is 0 Å². The molecule has 0 amide bonds. The third-order valence-corrected chi connectivity index (χ3v) is 10.8. The summed E-state index contributed by atoms with van der Waals surface area (Å²) < 4.78 is 26.2. The summed E-state index contributed by atoms with van der Waals surface area (Å²) in [4.78, 5) is 35.3. The number of rotatable bonds is 0. The summed E-state index contributed by atoms with van der Waals surface area (Å²) in [6.45, 7) is 4.13. The molecule has 6 aromatic carbocycles. The summed E-state index contributed by atoms with van der Waals surface area (Å²) in [5, 5.41) is 0. The molecule has 0 saturated heterocycles. The van der Waals surface area contributed by atoms with E-state index in [1.807, 2.05) is 54.6 Å². The number of hydrogen-bond acceptors (Lipinski definition) is 3. The molecule has 0 N–H and O–H groups in total. The van der Waals surface area contributed by atoms with Crippen LogP contribution in [0, 0.1) is 61.0 Å². The molecule has 62 heavy (non-hydrogen) atoms. The summed E-state index contributed by atoms with van der Waals surface area (Å²) in [7, 11) is 0. The van der Waals surface area contributed by atoms with E-state index < -0.39 is 11.6 Å². The summed E-state index contributed by atoms with van der Waals surface area (Å²) >= 11 is 0. The van der Waals surface area contributed by atoms with Crippen LogP contribution in [0.15, 0.2) is 121 Å². The van der Waals surface area contributed by atoms with E-state index in [9.17, 15) is 23.2 Å². The molecule has 0 fully saturated rings. The molecule has 0 unspecified atom stereocenters. The number of halogens is 2. The van der Waals surface area contributed by atoms with E-state index >= 15 is 0 Å². The highest BCUT2D eigenvalue weighted by Crippen LogP contribution is 2.24. The molecule has 0 radical (unpaired) electrons. The lowest BCUT2D eigenvalue weighted by Crippen LogP contribution is -2.10. The maximum Gasteiger partial charge on any atom is 0.163 e. The van der Waals surface area contributed by atoms with E-state index in [-0.39, 0.29) is 24.8 Å². The molecular weight excluding hydrogens is 771 g/mol. The van der Waals surface area contributed by atoms with Gasteiger partial charge >= 0.3 is 0 Å². The zero-order valence-corrected chi connectivity index (χ0v) is 34.4. The quantitative estimate of drug-likeness (QED) is 0.143. The minimum absolute atomic E-state index is 0. The number of ketones is 3. The first kappa shape index (κ1) is 44.4. The van der Waals surface area contributed by atoms with Crippen molar-refractivity contribution in [1.29, 1.82) is 0 Å². The Morgan fingerprint density at radius 3 is 1.16 bits per heavy atom. The van der Waals surface area contributed by atoms with Crippen molar-refractivity contribution in [2.24, 2.45) is 0 Å². The lowest BCUT2D eigenvalue weighted by molar-refractivity contribution is 0.0964. The van der Waals surface area contributed by atoms with Crippen LogP contribution in [-0.4, -0.2) is 17.3 Å². The van der Waals surface area contributed by atoms with Gasteiger partial charge in [-0.15, -0.1) is 0 Å². The minimum Gasteiger partial charge on any atom is -0.294 e. The summed E-state index contributed by atoms with van der Waals surface area (Å²) in [6.07, 6.45) is 7.58. The number of hydrogen-bond donors (Lipinski definition) is 0. The highest BCUT2D eigenvalue weighted by atomic mass is 19.1. The molecule has 3 nitrogen and oxygen atoms in total. The van der Waals surface area contributed by atoms with Gasteiger partial charge in [-0.1, -0.05) is 72.8 Å². The molecule has 6 aromatic rings. The Kier molecular flexibility index (Phi) is 15.0. The molecule has 0 bridgehead atoms. The van der Waals surface area contributed by atoms with Crippen LogP contribution in [0.1, 0.15) is 138 Å². The van der Waals surface area contributed by atoms with Crippen LogP contribution in [0.4, 0.5) is 8.78 Å². The molecule has 0 spiro atoms. The van der Waals surface area contributed by atoms with Gasteiger partial charge in [0, 0.05) is 75.4 Å². The molecule has 5 heteroatoms. The van der Waals surface area contributed by atoms with Crippen molar-refractivity contribution in [3.8, 4) is 35.5 Å². The van der Waals surface area contributed by atoms with Gasteiger partial charge in [0.25, 0.3) is 0 Å². The Labute approximate surface area is 364 Å². The van der Waals surface area contributed by atoms with Crippen LogP contribution in [0.5, 0.6) is 0 Å². The van der Waals surface area contributed by atoms with Crippen molar-refractivity contribution < 1.29 is 23.2 Å². The van der Waals surface area contributed by atoms with Gasteiger partial charge in [0.05, 0.1) is 0 Å². The van der Waals surface area contributed by atoms with Crippen molar-refractivity contribution in [2.45, 2.75) is 79.1 Å². The monoisotopic (exact) mass is 818 g/mol. The van der Waals surface area contributed by atoms with Gasteiger partial charge < -0.3 is 0 Å². The topological polar surface area (TPSA) is 51.2 Å².